The van der Waals surface area contributed by atoms with Crippen molar-refractivity contribution < 1.29 is 19.0 Å². The molecule has 1 aromatic rings. The van der Waals surface area contributed by atoms with E-state index in [1.807, 2.05) is 13.8 Å². The fourth-order valence-electron chi connectivity index (χ4n) is 1.64. The van der Waals surface area contributed by atoms with Gasteiger partial charge in [0.25, 0.3) is 0 Å². The number of halogens is 1. The lowest BCUT2D eigenvalue weighted by atomic mass is 9.90. The molecule has 3 N–H and O–H groups in total. The van der Waals surface area contributed by atoms with Gasteiger partial charge in [-0.2, -0.15) is 0 Å². The first kappa shape index (κ1) is 16.2. The van der Waals surface area contributed by atoms with Gasteiger partial charge < -0.3 is 20.5 Å². The number of anilines is 1. The molecule has 5 nitrogen and oxygen atoms in total. The minimum absolute atomic E-state index is 0.0669. The molecule has 1 aromatic carbocycles. The quantitative estimate of drug-likeness (QED) is 0.751. The molecular weight excluding hydrogens is 263 g/mol. The third kappa shape index (κ3) is 5.44. The molecule has 20 heavy (non-hydrogen) atoms. The smallest absolute Gasteiger partial charge is 0.319 e. The number of methoxy groups -OCH3 is 1. The molecule has 0 bridgehead atoms. The number of nitrogens with one attached hydrogen (secondary N) is 2. The van der Waals surface area contributed by atoms with Gasteiger partial charge in [0.15, 0.2) is 0 Å². The summed E-state index contributed by atoms with van der Waals surface area (Å²) in [4.78, 5) is 11.7. The Morgan fingerprint density at radius 2 is 2.10 bits per heavy atom. The predicted molar refractivity (Wildman–Crippen MR) is 75.5 cm³/mol. The standard InChI is InChI=1S/C14H21FN2O3/c1-14(2,4-5-18)9-16-13(19)17-11-6-10(15)7-12(8-11)20-3/h6-8,18H,4-5,9H2,1-3H3,(H2,16,17,19). The zero-order valence-corrected chi connectivity index (χ0v) is 12.0. The van der Waals surface area contributed by atoms with Crippen molar-refractivity contribution >= 4 is 11.7 Å². The summed E-state index contributed by atoms with van der Waals surface area (Å²) in [5, 5.41) is 14.1. The summed E-state index contributed by atoms with van der Waals surface area (Å²) < 4.78 is 18.2. The number of urea groups is 1. The highest BCUT2D eigenvalue weighted by molar-refractivity contribution is 5.89. The summed E-state index contributed by atoms with van der Waals surface area (Å²) in [6, 6.07) is 3.54. The fraction of sp³-hybridized carbons (Fsp3) is 0.500. The van der Waals surface area contributed by atoms with Gasteiger partial charge in [0, 0.05) is 31.0 Å². The molecule has 1 rings (SSSR count). The minimum Gasteiger partial charge on any atom is -0.497 e. The van der Waals surface area contributed by atoms with Crippen LogP contribution in [0.5, 0.6) is 5.75 Å². The van der Waals surface area contributed by atoms with Crippen molar-refractivity contribution in [3.05, 3.63) is 24.0 Å². The van der Waals surface area contributed by atoms with Crippen molar-refractivity contribution in [2.45, 2.75) is 20.3 Å². The van der Waals surface area contributed by atoms with Crippen molar-refractivity contribution in [2.24, 2.45) is 5.41 Å². The Labute approximate surface area is 118 Å². The van der Waals surface area contributed by atoms with Gasteiger partial charge in [-0.1, -0.05) is 13.8 Å². The molecule has 0 aliphatic rings. The summed E-state index contributed by atoms with van der Waals surface area (Å²) in [7, 11) is 1.43. The molecule has 2 amide bonds. The molecule has 0 aliphatic heterocycles. The number of carbonyl (C=O) groups is 1. The summed E-state index contributed by atoms with van der Waals surface area (Å²) in [6.07, 6.45) is 0.584. The minimum atomic E-state index is -0.486. The number of carbonyl (C=O) groups excluding carboxylic acids is 1. The van der Waals surface area contributed by atoms with Crippen molar-refractivity contribution in [3.8, 4) is 5.75 Å². The molecule has 0 saturated heterocycles. The van der Waals surface area contributed by atoms with Crippen LogP contribution in [0.15, 0.2) is 18.2 Å². The maximum atomic E-state index is 13.3. The third-order valence-electron chi connectivity index (χ3n) is 2.88. The molecule has 0 atom stereocenters. The van der Waals surface area contributed by atoms with E-state index in [0.29, 0.717) is 24.4 Å². The molecule has 0 aliphatic carbocycles. The first-order valence-electron chi connectivity index (χ1n) is 6.36. The van der Waals surface area contributed by atoms with Gasteiger partial charge in [0.2, 0.25) is 0 Å². The van der Waals surface area contributed by atoms with E-state index < -0.39 is 11.8 Å². The van der Waals surface area contributed by atoms with Gasteiger partial charge in [-0.3, -0.25) is 0 Å². The van der Waals surface area contributed by atoms with Gasteiger partial charge in [0.05, 0.1) is 7.11 Å². The second-order valence-corrected chi connectivity index (χ2v) is 5.33. The number of ether oxygens (including phenoxy) is 1. The molecule has 112 valence electrons. The van der Waals surface area contributed by atoms with E-state index in [4.69, 9.17) is 9.84 Å². The molecule has 0 aromatic heterocycles. The predicted octanol–water partition coefficient (Wildman–Crippen LogP) is 2.36. The van der Waals surface area contributed by atoms with Crippen molar-refractivity contribution in [1.82, 2.24) is 5.32 Å². The molecule has 6 heteroatoms. The molecule has 0 radical (unpaired) electrons. The van der Waals surface area contributed by atoms with Gasteiger partial charge in [-0.25, -0.2) is 9.18 Å². The lowest BCUT2D eigenvalue weighted by Crippen LogP contribution is -2.37. The van der Waals surface area contributed by atoms with Gasteiger partial charge in [-0.05, 0) is 17.9 Å². The Morgan fingerprint density at radius 1 is 1.40 bits per heavy atom. The highest BCUT2D eigenvalue weighted by atomic mass is 19.1. The number of hydrogen-bond acceptors (Lipinski definition) is 3. The zero-order valence-electron chi connectivity index (χ0n) is 12.0. The Kier molecular flexibility index (Phi) is 5.76. The maximum Gasteiger partial charge on any atom is 0.319 e. The Hall–Kier alpha value is -1.82. The van der Waals surface area contributed by atoms with Crippen LogP contribution in [-0.4, -0.2) is 31.4 Å². The van der Waals surface area contributed by atoms with Crippen LogP contribution < -0.4 is 15.4 Å². The maximum absolute atomic E-state index is 13.3. The van der Waals surface area contributed by atoms with Crippen LogP contribution in [0.4, 0.5) is 14.9 Å². The van der Waals surface area contributed by atoms with Gasteiger partial charge in [0.1, 0.15) is 11.6 Å². The van der Waals surface area contributed by atoms with Gasteiger partial charge in [-0.15, -0.1) is 0 Å². The van der Waals surface area contributed by atoms with Crippen molar-refractivity contribution in [2.75, 3.05) is 25.6 Å². The highest BCUT2D eigenvalue weighted by Crippen LogP contribution is 2.20. The number of rotatable bonds is 6. The summed E-state index contributed by atoms with van der Waals surface area (Å²) in [6.45, 7) is 4.35. The topological polar surface area (TPSA) is 70.6 Å². The zero-order chi connectivity index (χ0) is 15.2. The number of amides is 2. The van der Waals surface area contributed by atoms with Gasteiger partial charge >= 0.3 is 6.03 Å². The van der Waals surface area contributed by atoms with Crippen LogP contribution in [0.1, 0.15) is 20.3 Å². The van der Waals surface area contributed by atoms with Crippen LogP contribution in [0.3, 0.4) is 0 Å². The van der Waals surface area contributed by atoms with E-state index in [2.05, 4.69) is 10.6 Å². The molecule has 0 unspecified atom stereocenters. The molecule has 0 fully saturated rings. The third-order valence-corrected chi connectivity index (χ3v) is 2.88. The molecular formula is C14H21FN2O3. The lowest BCUT2D eigenvalue weighted by Gasteiger charge is -2.23. The van der Waals surface area contributed by atoms with Crippen LogP contribution in [0, 0.1) is 11.2 Å². The summed E-state index contributed by atoms with van der Waals surface area (Å²) in [5.74, 6) is -0.152. The van der Waals surface area contributed by atoms with Crippen LogP contribution in [0.25, 0.3) is 0 Å². The second-order valence-electron chi connectivity index (χ2n) is 5.33. The normalized spacial score (nSPS) is 11.1. The Morgan fingerprint density at radius 3 is 2.70 bits per heavy atom. The Bertz CT molecular complexity index is 464. The molecule has 0 spiro atoms. The monoisotopic (exact) mass is 284 g/mol. The van der Waals surface area contributed by atoms with E-state index >= 15 is 0 Å². The lowest BCUT2D eigenvalue weighted by molar-refractivity contribution is 0.204. The molecule has 0 saturated carbocycles. The largest absolute Gasteiger partial charge is 0.497 e. The van der Waals surface area contributed by atoms with E-state index in [1.54, 1.807) is 0 Å². The van der Waals surface area contributed by atoms with Crippen molar-refractivity contribution in [3.63, 3.8) is 0 Å². The van der Waals surface area contributed by atoms with E-state index in [-0.39, 0.29) is 12.0 Å². The number of hydrogen-bond donors (Lipinski definition) is 3. The average Bonchev–Trinajstić information content (AvgIpc) is 2.35. The van der Waals surface area contributed by atoms with Crippen LogP contribution in [0.2, 0.25) is 0 Å². The molecule has 0 heterocycles. The highest BCUT2D eigenvalue weighted by Gasteiger charge is 2.18. The van der Waals surface area contributed by atoms with E-state index in [0.717, 1.165) is 0 Å². The summed E-state index contributed by atoms with van der Waals surface area (Å²) >= 11 is 0. The number of aliphatic hydroxyl groups excluding tert-OH is 1. The second kappa shape index (κ2) is 7.09. The van der Waals surface area contributed by atoms with Crippen LogP contribution >= 0.6 is 0 Å². The number of aliphatic hydroxyl groups is 1. The first-order chi connectivity index (χ1) is 9.36. The SMILES string of the molecule is COc1cc(F)cc(NC(=O)NCC(C)(C)CCO)c1. The fourth-order valence-corrected chi connectivity index (χ4v) is 1.64. The average molecular weight is 284 g/mol. The van der Waals surface area contributed by atoms with Crippen molar-refractivity contribution in [1.29, 1.82) is 0 Å². The summed E-state index contributed by atoms with van der Waals surface area (Å²) in [5.41, 5.74) is 0.116. The first-order valence-corrected chi connectivity index (χ1v) is 6.36. The van der Waals surface area contributed by atoms with Crippen LogP contribution in [-0.2, 0) is 0 Å². The number of benzene rings is 1. The Balaban J connectivity index is 2.56. The van der Waals surface area contributed by atoms with E-state index in [9.17, 15) is 9.18 Å². The van der Waals surface area contributed by atoms with E-state index in [1.165, 1.54) is 25.3 Å².